The van der Waals surface area contributed by atoms with Gasteiger partial charge in [-0.25, -0.2) is 0 Å². The highest BCUT2D eigenvalue weighted by Gasteiger charge is 2.10. The largest absolute Gasteiger partial charge is 0.332 e. The van der Waals surface area contributed by atoms with Crippen molar-refractivity contribution in [1.82, 2.24) is 20.3 Å². The van der Waals surface area contributed by atoms with Gasteiger partial charge in [-0.15, -0.1) is 10.2 Å². The number of aryl methyl sites for hydroxylation is 2. The van der Waals surface area contributed by atoms with Gasteiger partial charge in [0.2, 0.25) is 5.91 Å². The summed E-state index contributed by atoms with van der Waals surface area (Å²) < 4.78 is 0. The fourth-order valence-corrected chi connectivity index (χ4v) is 3.88. The number of carbonyl (C=O) groups is 1. The van der Waals surface area contributed by atoms with Crippen molar-refractivity contribution in [1.29, 1.82) is 0 Å². The van der Waals surface area contributed by atoms with Crippen LogP contribution in [0.3, 0.4) is 0 Å². The van der Waals surface area contributed by atoms with Gasteiger partial charge >= 0.3 is 0 Å². The molecule has 8 heteroatoms. The molecule has 0 atom stereocenters. The van der Waals surface area contributed by atoms with E-state index in [1.807, 2.05) is 43.3 Å². The fourth-order valence-electron chi connectivity index (χ4n) is 3.55. The van der Waals surface area contributed by atoms with Crippen molar-refractivity contribution in [2.75, 3.05) is 5.32 Å². The van der Waals surface area contributed by atoms with Crippen LogP contribution in [-0.4, -0.2) is 26.0 Å². The summed E-state index contributed by atoms with van der Waals surface area (Å²) in [5, 5.41) is 15.8. The van der Waals surface area contributed by atoms with Gasteiger partial charge in [0.1, 0.15) is 11.0 Å². The molecule has 4 aromatic rings. The number of thiocarbonyl (C=S) groups is 1. The Labute approximate surface area is 215 Å². The van der Waals surface area contributed by atoms with E-state index in [-0.39, 0.29) is 11.0 Å². The van der Waals surface area contributed by atoms with Crippen LogP contribution in [0.5, 0.6) is 0 Å². The summed E-state index contributed by atoms with van der Waals surface area (Å²) in [7, 11) is 0. The van der Waals surface area contributed by atoms with Crippen LogP contribution in [0.1, 0.15) is 36.5 Å². The third kappa shape index (κ3) is 6.53. The van der Waals surface area contributed by atoms with E-state index in [0.29, 0.717) is 5.02 Å². The molecule has 0 radical (unpaired) electrons. The minimum Gasteiger partial charge on any atom is -0.332 e. The Bertz CT molecular complexity index is 1380. The average Bonchev–Trinajstić information content (AvgIpc) is 3.25. The molecule has 1 heterocycles. The number of rotatable bonds is 7. The van der Waals surface area contributed by atoms with Crippen LogP contribution in [0.25, 0.3) is 22.8 Å². The molecule has 1 aromatic heterocycles. The van der Waals surface area contributed by atoms with Gasteiger partial charge in [0.15, 0.2) is 5.11 Å². The maximum atomic E-state index is 12.2. The van der Waals surface area contributed by atoms with Gasteiger partial charge < -0.3 is 5.32 Å². The van der Waals surface area contributed by atoms with Crippen molar-refractivity contribution in [3.63, 3.8) is 0 Å². The number of amides is 1. The number of hydrogen-bond donors (Lipinski definition) is 2. The molecule has 4 rings (SSSR count). The van der Waals surface area contributed by atoms with Crippen LogP contribution in [0, 0.1) is 6.92 Å². The monoisotopic (exact) mass is 503 g/mol. The number of fused-ring (bicyclic) bond motifs is 1. The van der Waals surface area contributed by atoms with Crippen LogP contribution in [0.15, 0.2) is 66.7 Å². The summed E-state index contributed by atoms with van der Waals surface area (Å²) in [4.78, 5) is 13.9. The van der Waals surface area contributed by atoms with E-state index in [2.05, 4.69) is 39.9 Å². The number of halogens is 1. The van der Waals surface area contributed by atoms with Crippen molar-refractivity contribution < 1.29 is 4.79 Å². The number of aromatic nitrogens is 3. The smallest absolute Gasteiger partial charge is 0.250 e. The molecule has 6 nitrogen and oxygen atoms in total. The Balaban J connectivity index is 1.42. The molecular formula is C27H26ClN5OS. The predicted octanol–water partition coefficient (Wildman–Crippen LogP) is 6.25. The van der Waals surface area contributed by atoms with Crippen LogP contribution in [0.2, 0.25) is 5.02 Å². The summed E-state index contributed by atoms with van der Waals surface area (Å²) in [5.41, 5.74) is 6.29. The van der Waals surface area contributed by atoms with Crippen LogP contribution >= 0.6 is 23.8 Å². The lowest BCUT2D eigenvalue weighted by atomic mass is 10.1. The standard InChI is InChI=1S/C27H26ClN5OS/c1-3-4-5-19-8-13-22(14-9-19)33-31-24-16-18(2)23(17-25(24)32-33)29-27(35)30-26(34)15-10-20-6-11-21(28)12-7-20/h6-17H,3-5H2,1-2H3,(H2,29,30,34,35)/b15-10+. The van der Waals surface area contributed by atoms with E-state index in [9.17, 15) is 4.79 Å². The number of carbonyl (C=O) groups excluding carboxylic acids is 1. The minimum absolute atomic E-state index is 0.202. The molecule has 2 N–H and O–H groups in total. The number of anilines is 1. The lowest BCUT2D eigenvalue weighted by molar-refractivity contribution is -0.115. The molecule has 0 saturated heterocycles. The number of nitrogens with zero attached hydrogens (tertiary/aromatic N) is 3. The second kappa shape index (κ2) is 11.3. The Hall–Kier alpha value is -3.55. The Morgan fingerprint density at radius 1 is 1.06 bits per heavy atom. The first-order valence-corrected chi connectivity index (χ1v) is 12.2. The molecule has 35 heavy (non-hydrogen) atoms. The number of unbranched alkanes of at least 4 members (excludes halogenated alkanes) is 1. The number of benzene rings is 3. The maximum Gasteiger partial charge on any atom is 0.250 e. The van der Waals surface area contributed by atoms with Gasteiger partial charge in [0.05, 0.1) is 5.69 Å². The Morgan fingerprint density at radius 2 is 1.74 bits per heavy atom. The van der Waals surface area contributed by atoms with Crippen molar-refractivity contribution in [3.05, 3.63) is 88.5 Å². The first kappa shape index (κ1) is 24.6. The van der Waals surface area contributed by atoms with Gasteiger partial charge in [-0.1, -0.05) is 49.2 Å². The van der Waals surface area contributed by atoms with Crippen molar-refractivity contribution >= 4 is 57.6 Å². The zero-order valence-electron chi connectivity index (χ0n) is 19.6. The van der Waals surface area contributed by atoms with Crippen molar-refractivity contribution in [3.8, 4) is 5.69 Å². The summed E-state index contributed by atoms with van der Waals surface area (Å²) in [6, 6.07) is 19.3. The number of hydrogen-bond acceptors (Lipinski definition) is 4. The van der Waals surface area contributed by atoms with Gasteiger partial charge in [-0.05, 0) is 91.1 Å². The minimum atomic E-state index is -0.329. The molecule has 0 aliphatic carbocycles. The van der Waals surface area contributed by atoms with Gasteiger partial charge in [-0.2, -0.15) is 4.80 Å². The molecule has 0 bridgehead atoms. The normalized spacial score (nSPS) is 11.2. The predicted molar refractivity (Wildman–Crippen MR) is 147 cm³/mol. The lowest BCUT2D eigenvalue weighted by Crippen LogP contribution is -2.33. The highest BCUT2D eigenvalue weighted by Crippen LogP contribution is 2.22. The van der Waals surface area contributed by atoms with Crippen molar-refractivity contribution in [2.24, 2.45) is 0 Å². The third-order valence-corrected chi connectivity index (χ3v) is 5.95. The third-order valence-electron chi connectivity index (χ3n) is 5.49. The first-order chi connectivity index (χ1) is 16.9. The van der Waals surface area contributed by atoms with E-state index >= 15 is 0 Å². The molecule has 0 saturated carbocycles. The Morgan fingerprint density at radius 3 is 2.43 bits per heavy atom. The van der Waals surface area contributed by atoms with Gasteiger partial charge in [-0.3, -0.25) is 10.1 Å². The quantitative estimate of drug-likeness (QED) is 0.230. The molecule has 3 aromatic carbocycles. The van der Waals surface area contributed by atoms with Crippen LogP contribution in [-0.2, 0) is 11.2 Å². The molecule has 0 aliphatic heterocycles. The molecule has 0 aliphatic rings. The summed E-state index contributed by atoms with van der Waals surface area (Å²) >= 11 is 11.2. The average molecular weight is 504 g/mol. The Kier molecular flexibility index (Phi) is 7.90. The van der Waals surface area contributed by atoms with E-state index in [1.165, 1.54) is 24.5 Å². The lowest BCUT2D eigenvalue weighted by Gasteiger charge is -2.10. The van der Waals surface area contributed by atoms with E-state index < -0.39 is 0 Å². The fraction of sp³-hybridized carbons (Fsp3) is 0.185. The second-order valence-electron chi connectivity index (χ2n) is 8.24. The van der Waals surface area contributed by atoms with E-state index in [0.717, 1.165) is 40.0 Å². The second-order valence-corrected chi connectivity index (χ2v) is 9.09. The molecule has 1 amide bonds. The zero-order valence-corrected chi connectivity index (χ0v) is 21.2. The maximum absolute atomic E-state index is 12.2. The highest BCUT2D eigenvalue weighted by atomic mass is 35.5. The summed E-state index contributed by atoms with van der Waals surface area (Å²) in [6.45, 7) is 4.15. The SMILES string of the molecule is CCCCc1ccc(-n2nc3cc(C)c(NC(=S)NC(=O)/C=C/c4ccc(Cl)cc4)cc3n2)cc1. The van der Waals surface area contributed by atoms with E-state index in [1.54, 1.807) is 23.0 Å². The molecule has 0 fully saturated rings. The summed E-state index contributed by atoms with van der Waals surface area (Å²) in [5.74, 6) is -0.329. The highest BCUT2D eigenvalue weighted by molar-refractivity contribution is 7.80. The molecule has 178 valence electrons. The molecule has 0 spiro atoms. The zero-order chi connectivity index (χ0) is 24.8. The number of nitrogens with one attached hydrogen (secondary N) is 2. The van der Waals surface area contributed by atoms with Crippen LogP contribution in [0.4, 0.5) is 5.69 Å². The van der Waals surface area contributed by atoms with Crippen molar-refractivity contribution in [2.45, 2.75) is 33.1 Å². The topological polar surface area (TPSA) is 71.8 Å². The molecular weight excluding hydrogens is 478 g/mol. The van der Waals surface area contributed by atoms with Crippen LogP contribution < -0.4 is 10.6 Å². The summed E-state index contributed by atoms with van der Waals surface area (Å²) in [6.07, 6.45) is 6.55. The van der Waals surface area contributed by atoms with E-state index in [4.69, 9.17) is 23.8 Å². The van der Waals surface area contributed by atoms with Gasteiger partial charge in [0.25, 0.3) is 0 Å². The molecule has 0 unspecified atom stereocenters. The van der Waals surface area contributed by atoms with Gasteiger partial charge in [0, 0.05) is 16.8 Å². The first-order valence-electron chi connectivity index (χ1n) is 11.4.